The summed E-state index contributed by atoms with van der Waals surface area (Å²) in [6, 6.07) is 8.79. The highest BCUT2D eigenvalue weighted by Crippen LogP contribution is 2.39. The zero-order valence-electron chi connectivity index (χ0n) is 13.3. The van der Waals surface area contributed by atoms with Crippen molar-refractivity contribution in [1.29, 1.82) is 0 Å². The van der Waals surface area contributed by atoms with E-state index in [1.807, 2.05) is 6.92 Å². The number of benzene rings is 2. The van der Waals surface area contributed by atoms with Crippen LogP contribution in [-0.2, 0) is 14.8 Å². The van der Waals surface area contributed by atoms with Crippen molar-refractivity contribution in [2.45, 2.75) is 24.3 Å². The number of ether oxygens (including phenoxy) is 1. The lowest BCUT2D eigenvalue weighted by Gasteiger charge is -2.36. The molecular formula is C17H16FNO5S. The third kappa shape index (κ3) is 3.30. The van der Waals surface area contributed by atoms with Crippen LogP contribution in [0, 0.1) is 12.7 Å². The molecule has 1 heterocycles. The van der Waals surface area contributed by atoms with E-state index in [9.17, 15) is 17.6 Å². The van der Waals surface area contributed by atoms with Gasteiger partial charge in [0.1, 0.15) is 18.2 Å². The zero-order chi connectivity index (χ0) is 18.2. The summed E-state index contributed by atoms with van der Waals surface area (Å²) in [5.41, 5.74) is 1.02. The molecule has 0 spiro atoms. The predicted octanol–water partition coefficient (Wildman–Crippen LogP) is 2.57. The summed E-state index contributed by atoms with van der Waals surface area (Å²) in [6.45, 7) is 1.66. The van der Waals surface area contributed by atoms with E-state index in [1.165, 1.54) is 18.2 Å². The van der Waals surface area contributed by atoms with Gasteiger partial charge < -0.3 is 9.84 Å². The van der Waals surface area contributed by atoms with E-state index >= 15 is 0 Å². The predicted molar refractivity (Wildman–Crippen MR) is 88.8 cm³/mol. The van der Waals surface area contributed by atoms with Crippen molar-refractivity contribution in [2.75, 3.05) is 10.9 Å². The van der Waals surface area contributed by atoms with Gasteiger partial charge in [-0.15, -0.1) is 0 Å². The number of aryl methyl sites for hydroxylation is 1. The van der Waals surface area contributed by atoms with Crippen LogP contribution in [0.4, 0.5) is 10.1 Å². The van der Waals surface area contributed by atoms with E-state index in [1.54, 1.807) is 12.1 Å². The van der Waals surface area contributed by atoms with Crippen LogP contribution >= 0.6 is 0 Å². The maximum absolute atomic E-state index is 13.5. The Bertz CT molecular complexity index is 911. The van der Waals surface area contributed by atoms with Crippen LogP contribution in [-0.4, -0.2) is 32.1 Å². The first-order valence-corrected chi connectivity index (χ1v) is 8.98. The zero-order valence-corrected chi connectivity index (χ0v) is 14.2. The van der Waals surface area contributed by atoms with Crippen molar-refractivity contribution in [3.63, 3.8) is 0 Å². The van der Waals surface area contributed by atoms with E-state index in [0.717, 1.165) is 22.0 Å². The van der Waals surface area contributed by atoms with Crippen LogP contribution in [0.2, 0.25) is 0 Å². The van der Waals surface area contributed by atoms with Crippen LogP contribution < -0.4 is 9.04 Å². The monoisotopic (exact) mass is 365 g/mol. The summed E-state index contributed by atoms with van der Waals surface area (Å²) >= 11 is 0. The van der Waals surface area contributed by atoms with Gasteiger partial charge in [0.15, 0.2) is 0 Å². The number of nitrogens with zero attached hydrogens (tertiary/aromatic N) is 1. The second-order valence-electron chi connectivity index (χ2n) is 5.79. The van der Waals surface area contributed by atoms with E-state index in [-0.39, 0.29) is 22.9 Å². The Hall–Kier alpha value is -2.61. The van der Waals surface area contributed by atoms with E-state index in [4.69, 9.17) is 9.84 Å². The SMILES string of the molecule is Cc1ccc(S(=O)(=O)N2c3ccc(F)cc3OC[C@@H]2CC(=O)O)cc1. The average molecular weight is 365 g/mol. The molecule has 8 heteroatoms. The Morgan fingerprint density at radius 1 is 1.28 bits per heavy atom. The fourth-order valence-corrected chi connectivity index (χ4v) is 4.37. The van der Waals surface area contributed by atoms with Gasteiger partial charge in [0.2, 0.25) is 0 Å². The van der Waals surface area contributed by atoms with Gasteiger partial charge in [-0.2, -0.15) is 0 Å². The molecule has 0 bridgehead atoms. The summed E-state index contributed by atoms with van der Waals surface area (Å²) in [5, 5.41) is 9.11. The van der Waals surface area contributed by atoms with Crippen molar-refractivity contribution in [2.24, 2.45) is 0 Å². The highest BCUT2D eigenvalue weighted by atomic mass is 32.2. The fourth-order valence-electron chi connectivity index (χ4n) is 2.73. The van der Waals surface area contributed by atoms with Gasteiger partial charge >= 0.3 is 5.97 Å². The third-order valence-electron chi connectivity index (χ3n) is 3.91. The Balaban J connectivity index is 2.13. The normalized spacial score (nSPS) is 16.9. The minimum atomic E-state index is -4.03. The Kier molecular flexibility index (Phi) is 4.38. The van der Waals surface area contributed by atoms with E-state index < -0.39 is 34.3 Å². The summed E-state index contributed by atoms with van der Waals surface area (Å²) in [5.74, 6) is -1.65. The molecule has 0 aromatic heterocycles. The quantitative estimate of drug-likeness (QED) is 0.900. The van der Waals surface area contributed by atoms with E-state index in [0.29, 0.717) is 0 Å². The maximum Gasteiger partial charge on any atom is 0.305 e. The number of hydrogen-bond donors (Lipinski definition) is 1. The smallest absolute Gasteiger partial charge is 0.305 e. The van der Waals surface area contributed by atoms with Gasteiger partial charge in [0, 0.05) is 6.07 Å². The maximum atomic E-state index is 13.5. The molecule has 0 aliphatic carbocycles. The van der Waals surface area contributed by atoms with Crippen molar-refractivity contribution in [1.82, 2.24) is 0 Å². The van der Waals surface area contributed by atoms with Crippen molar-refractivity contribution in [3.8, 4) is 5.75 Å². The number of carboxylic acids is 1. The van der Waals surface area contributed by atoms with Crippen LogP contribution in [0.25, 0.3) is 0 Å². The lowest BCUT2D eigenvalue weighted by Crippen LogP contribution is -2.47. The van der Waals surface area contributed by atoms with Gasteiger partial charge in [-0.25, -0.2) is 12.8 Å². The first-order chi connectivity index (χ1) is 11.8. The Labute approximate surface area is 144 Å². The number of anilines is 1. The van der Waals surface area contributed by atoms with Crippen LogP contribution in [0.5, 0.6) is 5.75 Å². The molecule has 3 rings (SSSR count). The van der Waals surface area contributed by atoms with Crippen molar-refractivity contribution >= 4 is 21.7 Å². The largest absolute Gasteiger partial charge is 0.489 e. The topological polar surface area (TPSA) is 83.9 Å². The Morgan fingerprint density at radius 3 is 2.60 bits per heavy atom. The second-order valence-corrected chi connectivity index (χ2v) is 7.60. The van der Waals surface area contributed by atoms with Crippen LogP contribution in [0.1, 0.15) is 12.0 Å². The van der Waals surface area contributed by atoms with Gasteiger partial charge in [-0.1, -0.05) is 17.7 Å². The molecule has 0 saturated heterocycles. The molecule has 0 fully saturated rings. The molecular weight excluding hydrogens is 349 g/mol. The lowest BCUT2D eigenvalue weighted by molar-refractivity contribution is -0.137. The number of rotatable bonds is 4. The molecule has 0 saturated carbocycles. The molecule has 6 nitrogen and oxygen atoms in total. The minimum Gasteiger partial charge on any atom is -0.489 e. The number of fused-ring (bicyclic) bond motifs is 1. The number of aliphatic carboxylic acids is 1. The second kappa shape index (κ2) is 6.36. The standard InChI is InChI=1S/C17H16FNO5S/c1-11-2-5-14(6-3-11)25(22,23)19-13(9-17(20)21)10-24-16-8-12(18)4-7-15(16)19/h2-8,13H,9-10H2,1H3,(H,20,21)/t13-/m0/s1. The molecule has 0 amide bonds. The van der Waals surface area contributed by atoms with Crippen LogP contribution in [0.15, 0.2) is 47.4 Å². The van der Waals surface area contributed by atoms with Crippen molar-refractivity contribution in [3.05, 3.63) is 53.8 Å². The number of carboxylic acid groups (broad SMARTS) is 1. The summed E-state index contributed by atoms with van der Waals surface area (Å²) in [6.07, 6.45) is -0.429. The highest BCUT2D eigenvalue weighted by molar-refractivity contribution is 7.92. The fraction of sp³-hybridized carbons (Fsp3) is 0.235. The molecule has 1 atom stereocenters. The number of carbonyl (C=O) groups is 1. The Morgan fingerprint density at radius 2 is 1.96 bits per heavy atom. The lowest BCUT2D eigenvalue weighted by atomic mass is 10.1. The number of sulfonamides is 1. The minimum absolute atomic E-state index is 0.0330. The van der Waals surface area contributed by atoms with Gasteiger partial charge in [0.25, 0.3) is 10.0 Å². The molecule has 1 N–H and O–H groups in total. The van der Waals surface area contributed by atoms with Gasteiger partial charge in [0.05, 0.1) is 23.0 Å². The molecule has 132 valence electrons. The molecule has 1 aliphatic rings. The number of halogens is 1. The van der Waals surface area contributed by atoms with Gasteiger partial charge in [-0.05, 0) is 31.2 Å². The molecule has 2 aromatic rings. The summed E-state index contributed by atoms with van der Waals surface area (Å²) in [7, 11) is -4.03. The number of hydrogen-bond acceptors (Lipinski definition) is 4. The first-order valence-electron chi connectivity index (χ1n) is 7.54. The highest BCUT2D eigenvalue weighted by Gasteiger charge is 2.38. The molecule has 0 unspecified atom stereocenters. The molecule has 0 radical (unpaired) electrons. The van der Waals surface area contributed by atoms with Crippen LogP contribution in [0.3, 0.4) is 0 Å². The summed E-state index contributed by atoms with van der Waals surface area (Å²) < 4.78 is 46.1. The van der Waals surface area contributed by atoms with E-state index in [2.05, 4.69) is 0 Å². The molecule has 25 heavy (non-hydrogen) atoms. The van der Waals surface area contributed by atoms with Crippen molar-refractivity contribution < 1.29 is 27.4 Å². The van der Waals surface area contributed by atoms with Gasteiger partial charge in [-0.3, -0.25) is 9.10 Å². The third-order valence-corrected chi connectivity index (χ3v) is 5.79. The first kappa shape index (κ1) is 17.2. The molecule has 1 aliphatic heterocycles. The molecule has 2 aromatic carbocycles. The average Bonchev–Trinajstić information content (AvgIpc) is 2.54. The summed E-state index contributed by atoms with van der Waals surface area (Å²) in [4.78, 5) is 11.2.